The Morgan fingerprint density at radius 2 is 1.53 bits per heavy atom. The molecule has 2 N–H and O–H groups in total. The minimum Gasteiger partial charge on any atom is -0.457 e. The number of aromatic nitrogens is 1. The number of benzene rings is 3. The number of carbonyl (C=O) groups is 1. The molecule has 2 amide bonds. The molecular weight excluding hydrogens is 527 g/mol. The van der Waals surface area contributed by atoms with E-state index in [1.54, 1.807) is 24.3 Å². The molecule has 38 heavy (non-hydrogen) atoms. The molecule has 4 aromatic rings. The van der Waals surface area contributed by atoms with Crippen LogP contribution in [0.2, 0.25) is 0 Å². The van der Waals surface area contributed by atoms with E-state index in [0.29, 0.717) is 59.2 Å². The monoisotopic (exact) mass is 552 g/mol. The van der Waals surface area contributed by atoms with Crippen molar-refractivity contribution < 1.29 is 19.0 Å². The molecule has 0 saturated carbocycles. The van der Waals surface area contributed by atoms with Gasteiger partial charge in [0.15, 0.2) is 11.5 Å². The number of nitrogens with zero attached hydrogens (tertiary/aromatic N) is 2. The summed E-state index contributed by atoms with van der Waals surface area (Å²) in [6, 6.07) is 19.9. The quantitative estimate of drug-likeness (QED) is 0.217. The molecular formula is C28H26Cl2N4O4. The molecule has 10 heteroatoms. The molecule has 3 aromatic carbocycles. The number of alkyl halides is 2. The molecule has 1 aromatic heterocycles. The van der Waals surface area contributed by atoms with Crippen molar-refractivity contribution in [2.75, 3.05) is 47.2 Å². The molecule has 0 aliphatic carbocycles. The molecule has 2 heterocycles. The van der Waals surface area contributed by atoms with Crippen molar-refractivity contribution in [3.05, 3.63) is 72.4 Å². The van der Waals surface area contributed by atoms with Crippen LogP contribution in [0.25, 0.3) is 10.9 Å². The van der Waals surface area contributed by atoms with Crippen molar-refractivity contribution in [1.29, 1.82) is 0 Å². The summed E-state index contributed by atoms with van der Waals surface area (Å²) in [6.45, 7) is 3.49. The number of nitrogens with one attached hydrogen (secondary N) is 2. The van der Waals surface area contributed by atoms with E-state index in [2.05, 4.69) is 20.5 Å². The number of halogens is 2. The number of urea groups is 1. The minimum absolute atomic E-state index is 0.190. The Kier molecular flexibility index (Phi) is 7.91. The van der Waals surface area contributed by atoms with Gasteiger partial charge in [-0.25, -0.2) is 4.79 Å². The number of amides is 2. The predicted molar refractivity (Wildman–Crippen MR) is 152 cm³/mol. The van der Waals surface area contributed by atoms with Gasteiger partial charge < -0.3 is 29.7 Å². The van der Waals surface area contributed by atoms with Gasteiger partial charge in [0, 0.05) is 65.1 Å². The second-order valence-electron chi connectivity index (χ2n) is 8.60. The number of hydrogen-bond acceptors (Lipinski definition) is 6. The lowest BCUT2D eigenvalue weighted by Gasteiger charge is -2.23. The van der Waals surface area contributed by atoms with Crippen molar-refractivity contribution in [2.24, 2.45) is 0 Å². The zero-order chi connectivity index (χ0) is 26.5. The van der Waals surface area contributed by atoms with Crippen LogP contribution in [-0.2, 0) is 0 Å². The highest BCUT2D eigenvalue weighted by atomic mass is 35.5. The highest BCUT2D eigenvalue weighted by Gasteiger charge is 2.17. The van der Waals surface area contributed by atoms with Crippen LogP contribution in [0.3, 0.4) is 0 Å². The van der Waals surface area contributed by atoms with Crippen LogP contribution in [0.5, 0.6) is 23.0 Å². The van der Waals surface area contributed by atoms with Gasteiger partial charge in [-0.2, -0.15) is 0 Å². The SMILES string of the molecule is Cc1cc(Oc2ccc(NC(=O)Nc3ccc(N(CCCl)CCCl)cc3)cc2)c2cc3c(cc2n1)OCO3. The molecule has 0 fully saturated rings. The Balaban J connectivity index is 1.22. The van der Waals surface area contributed by atoms with Gasteiger partial charge >= 0.3 is 6.03 Å². The maximum Gasteiger partial charge on any atom is 0.323 e. The Morgan fingerprint density at radius 1 is 0.921 bits per heavy atom. The minimum atomic E-state index is -0.350. The van der Waals surface area contributed by atoms with Crippen LogP contribution in [-0.4, -0.2) is 42.7 Å². The summed E-state index contributed by atoms with van der Waals surface area (Å²) in [7, 11) is 0. The lowest BCUT2D eigenvalue weighted by molar-refractivity contribution is 0.174. The second-order valence-corrected chi connectivity index (χ2v) is 9.36. The van der Waals surface area contributed by atoms with Gasteiger partial charge in [0.2, 0.25) is 6.79 Å². The average Bonchev–Trinajstić information content (AvgIpc) is 3.36. The summed E-state index contributed by atoms with van der Waals surface area (Å²) >= 11 is 11.8. The van der Waals surface area contributed by atoms with Crippen molar-refractivity contribution in [1.82, 2.24) is 4.98 Å². The molecule has 8 nitrogen and oxygen atoms in total. The van der Waals surface area contributed by atoms with Gasteiger partial charge in [0.1, 0.15) is 11.5 Å². The summed E-state index contributed by atoms with van der Waals surface area (Å²) in [4.78, 5) is 19.2. The Hall–Kier alpha value is -3.88. The number of hydrogen-bond donors (Lipinski definition) is 2. The van der Waals surface area contributed by atoms with Gasteiger partial charge in [-0.15, -0.1) is 23.2 Å². The number of fused-ring (bicyclic) bond motifs is 2. The topological polar surface area (TPSA) is 85.0 Å². The highest BCUT2D eigenvalue weighted by molar-refractivity contribution is 6.18. The zero-order valence-electron chi connectivity index (χ0n) is 20.7. The third-order valence-electron chi connectivity index (χ3n) is 5.93. The number of pyridine rings is 1. The van der Waals surface area contributed by atoms with Crippen molar-refractivity contribution in [3.63, 3.8) is 0 Å². The maximum atomic E-state index is 12.5. The first kappa shape index (κ1) is 25.8. The first-order valence-corrected chi connectivity index (χ1v) is 13.1. The summed E-state index contributed by atoms with van der Waals surface area (Å²) < 4.78 is 17.1. The smallest absolute Gasteiger partial charge is 0.323 e. The van der Waals surface area contributed by atoms with Crippen LogP contribution in [0.15, 0.2) is 66.7 Å². The highest BCUT2D eigenvalue weighted by Crippen LogP contribution is 2.40. The number of rotatable bonds is 9. The number of anilines is 3. The molecule has 0 unspecified atom stereocenters. The van der Waals surface area contributed by atoms with Crippen LogP contribution in [0, 0.1) is 6.92 Å². The third-order valence-corrected chi connectivity index (χ3v) is 6.27. The van der Waals surface area contributed by atoms with Gasteiger partial charge in [-0.3, -0.25) is 4.98 Å². The fourth-order valence-corrected chi connectivity index (χ4v) is 4.56. The number of ether oxygens (including phenoxy) is 3. The normalized spacial score (nSPS) is 11.9. The van der Waals surface area contributed by atoms with Crippen LogP contribution < -0.4 is 29.7 Å². The largest absolute Gasteiger partial charge is 0.457 e. The molecule has 0 atom stereocenters. The van der Waals surface area contributed by atoms with Gasteiger partial charge in [-0.05, 0) is 61.5 Å². The van der Waals surface area contributed by atoms with Crippen molar-refractivity contribution >= 4 is 57.2 Å². The van der Waals surface area contributed by atoms with E-state index >= 15 is 0 Å². The third kappa shape index (κ3) is 5.98. The molecule has 0 bridgehead atoms. The van der Waals surface area contributed by atoms with E-state index < -0.39 is 0 Å². The number of carbonyl (C=O) groups excluding carboxylic acids is 1. The lowest BCUT2D eigenvalue weighted by Crippen LogP contribution is -2.27. The number of aryl methyl sites for hydroxylation is 1. The van der Waals surface area contributed by atoms with E-state index in [-0.39, 0.29) is 12.8 Å². The maximum absolute atomic E-state index is 12.5. The lowest BCUT2D eigenvalue weighted by atomic mass is 10.1. The first-order chi connectivity index (χ1) is 18.5. The Morgan fingerprint density at radius 3 is 2.16 bits per heavy atom. The molecule has 0 radical (unpaired) electrons. The van der Waals surface area contributed by atoms with Crippen molar-refractivity contribution in [3.8, 4) is 23.0 Å². The fraction of sp³-hybridized carbons (Fsp3) is 0.214. The molecule has 0 saturated heterocycles. The van der Waals surface area contributed by atoms with E-state index in [9.17, 15) is 4.79 Å². The van der Waals surface area contributed by atoms with E-state index in [0.717, 1.165) is 22.3 Å². The molecule has 196 valence electrons. The second kappa shape index (κ2) is 11.7. The van der Waals surface area contributed by atoms with E-state index in [4.69, 9.17) is 37.4 Å². The summed E-state index contributed by atoms with van der Waals surface area (Å²) in [5, 5.41) is 6.50. The molecule has 5 rings (SSSR count). The Labute approximate surface area is 230 Å². The Bertz CT molecular complexity index is 1430. The summed E-state index contributed by atoms with van der Waals surface area (Å²) in [6.07, 6.45) is 0. The van der Waals surface area contributed by atoms with E-state index in [1.807, 2.05) is 49.4 Å². The zero-order valence-corrected chi connectivity index (χ0v) is 22.2. The summed E-state index contributed by atoms with van der Waals surface area (Å²) in [5.74, 6) is 3.63. The van der Waals surface area contributed by atoms with Gasteiger partial charge in [-0.1, -0.05) is 0 Å². The standard InChI is InChI=1S/C28H26Cl2N4O4/c1-18-14-25(23-15-26-27(37-17-36-26)16-24(23)31-18)38-22-8-4-20(5-9-22)33-28(35)32-19-2-6-21(7-3-19)34(12-10-29)13-11-30/h2-9,14-16H,10-13,17H2,1H3,(H2,32,33,35). The van der Waals surface area contributed by atoms with Gasteiger partial charge in [0.05, 0.1) is 5.52 Å². The van der Waals surface area contributed by atoms with Crippen LogP contribution in [0.1, 0.15) is 5.69 Å². The van der Waals surface area contributed by atoms with Gasteiger partial charge in [0.25, 0.3) is 0 Å². The fourth-order valence-electron chi connectivity index (χ4n) is 4.15. The molecule has 1 aliphatic heterocycles. The van der Waals surface area contributed by atoms with Crippen LogP contribution >= 0.6 is 23.2 Å². The van der Waals surface area contributed by atoms with Crippen LogP contribution in [0.4, 0.5) is 21.9 Å². The molecule has 1 aliphatic rings. The van der Waals surface area contributed by atoms with Crippen molar-refractivity contribution in [2.45, 2.75) is 6.92 Å². The average molecular weight is 553 g/mol. The summed E-state index contributed by atoms with van der Waals surface area (Å²) in [5.41, 5.74) is 3.87. The van der Waals surface area contributed by atoms with E-state index in [1.165, 1.54) is 0 Å². The predicted octanol–water partition coefficient (Wildman–Crippen LogP) is 6.99. The first-order valence-electron chi connectivity index (χ1n) is 12.1. The molecule has 0 spiro atoms.